The number of aromatic amines is 1. The Morgan fingerprint density at radius 1 is 1.07 bits per heavy atom. The van der Waals surface area contributed by atoms with Gasteiger partial charge in [-0.15, -0.1) is 0 Å². The van der Waals surface area contributed by atoms with Gasteiger partial charge in [-0.1, -0.05) is 12.1 Å². The Hall–Kier alpha value is -4.00. The standard InChI is InChI=1S/C23H20N4O3/c1-14-11-12-24-20(13-14)26-21(16-5-8-18(9-6-16)27(29)30)19-10-7-17-4-3-15(2)25-22(17)23(19)28/h3-13,21,28H,1-2H3,(H,24,26)/p+1/t21-/m0/s1. The normalized spacial score (nSPS) is 11.9. The van der Waals surface area contributed by atoms with Crippen LogP contribution in [0.4, 0.5) is 11.5 Å². The van der Waals surface area contributed by atoms with E-state index in [2.05, 4.69) is 15.3 Å². The number of aryl methyl sites for hydroxylation is 2. The monoisotopic (exact) mass is 401 g/mol. The maximum Gasteiger partial charge on any atom is 0.273 e. The summed E-state index contributed by atoms with van der Waals surface area (Å²) in [4.78, 5) is 18.3. The predicted octanol–water partition coefficient (Wildman–Crippen LogP) is 4.48. The lowest BCUT2D eigenvalue weighted by Crippen LogP contribution is -2.19. The van der Waals surface area contributed by atoms with E-state index in [4.69, 9.17) is 0 Å². The molecule has 2 aromatic carbocycles. The maximum atomic E-state index is 11.1. The molecule has 3 N–H and O–H groups in total. The SMILES string of the molecule is Cc1cc[nH+]c(N[C@@H](c2ccc([N+](=O)[O-])cc2)c2ccc3ccc(C)nc3c2O)c1. The average Bonchev–Trinajstić information content (AvgIpc) is 2.73. The number of benzene rings is 2. The van der Waals surface area contributed by atoms with Gasteiger partial charge in [-0.05, 0) is 49.7 Å². The molecule has 0 saturated carbocycles. The molecule has 4 aromatic rings. The topological polar surface area (TPSA) is 102 Å². The van der Waals surface area contributed by atoms with Crippen LogP contribution < -0.4 is 10.3 Å². The first-order valence-corrected chi connectivity index (χ1v) is 9.51. The summed E-state index contributed by atoms with van der Waals surface area (Å²) in [6, 6.07) is 17.4. The molecule has 0 radical (unpaired) electrons. The van der Waals surface area contributed by atoms with Gasteiger partial charge in [0.2, 0.25) is 0 Å². The minimum atomic E-state index is -0.449. The minimum absolute atomic E-state index is 0.0136. The van der Waals surface area contributed by atoms with Gasteiger partial charge in [0, 0.05) is 40.4 Å². The predicted molar refractivity (Wildman–Crippen MR) is 114 cm³/mol. The first-order chi connectivity index (χ1) is 14.4. The second-order valence-corrected chi connectivity index (χ2v) is 7.23. The molecule has 7 nitrogen and oxygen atoms in total. The molecule has 2 aromatic heterocycles. The number of nitro groups is 1. The van der Waals surface area contributed by atoms with E-state index in [9.17, 15) is 15.2 Å². The highest BCUT2D eigenvalue weighted by Gasteiger charge is 2.25. The molecule has 4 rings (SSSR count). The molecule has 0 saturated heterocycles. The Labute approximate surface area is 173 Å². The van der Waals surface area contributed by atoms with Gasteiger partial charge < -0.3 is 5.11 Å². The number of aromatic hydroxyl groups is 1. The largest absolute Gasteiger partial charge is 0.505 e. The third-order valence-corrected chi connectivity index (χ3v) is 5.01. The summed E-state index contributed by atoms with van der Waals surface area (Å²) in [7, 11) is 0. The number of rotatable bonds is 5. The number of nitrogens with zero attached hydrogens (tertiary/aromatic N) is 2. The van der Waals surface area contributed by atoms with Gasteiger partial charge in [0.1, 0.15) is 17.3 Å². The molecule has 0 fully saturated rings. The Morgan fingerprint density at radius 2 is 1.80 bits per heavy atom. The van der Waals surface area contributed by atoms with E-state index in [0.717, 1.165) is 28.0 Å². The first-order valence-electron chi connectivity index (χ1n) is 9.51. The molecular formula is C23H21N4O3+. The van der Waals surface area contributed by atoms with Crippen LogP contribution >= 0.6 is 0 Å². The number of H-pyrrole nitrogens is 1. The highest BCUT2D eigenvalue weighted by molar-refractivity contribution is 5.86. The van der Waals surface area contributed by atoms with Crippen LogP contribution in [0.25, 0.3) is 10.9 Å². The van der Waals surface area contributed by atoms with Crippen molar-refractivity contribution in [1.29, 1.82) is 0 Å². The lowest BCUT2D eigenvalue weighted by atomic mass is 9.96. The zero-order valence-electron chi connectivity index (χ0n) is 16.6. The summed E-state index contributed by atoms with van der Waals surface area (Å²) in [5.74, 6) is 0.842. The number of hydrogen-bond donors (Lipinski definition) is 2. The van der Waals surface area contributed by atoms with E-state index < -0.39 is 11.0 Å². The van der Waals surface area contributed by atoms with Crippen molar-refractivity contribution >= 4 is 22.4 Å². The average molecular weight is 401 g/mol. The van der Waals surface area contributed by atoms with Crippen LogP contribution in [-0.4, -0.2) is 15.0 Å². The number of nitrogens with one attached hydrogen (secondary N) is 2. The number of non-ortho nitro benzene ring substituents is 1. The molecule has 2 heterocycles. The van der Waals surface area contributed by atoms with Crippen LogP contribution in [0.5, 0.6) is 5.75 Å². The molecule has 1 atom stereocenters. The number of fused-ring (bicyclic) bond motifs is 1. The van der Waals surface area contributed by atoms with E-state index in [1.165, 1.54) is 12.1 Å². The molecule has 0 aliphatic carbocycles. The van der Waals surface area contributed by atoms with Crippen LogP contribution in [-0.2, 0) is 0 Å². The third-order valence-electron chi connectivity index (χ3n) is 5.01. The van der Waals surface area contributed by atoms with Gasteiger partial charge in [0.25, 0.3) is 11.5 Å². The fraction of sp³-hybridized carbons (Fsp3) is 0.130. The van der Waals surface area contributed by atoms with Crippen molar-refractivity contribution in [2.24, 2.45) is 0 Å². The fourth-order valence-electron chi connectivity index (χ4n) is 3.47. The van der Waals surface area contributed by atoms with Gasteiger partial charge in [-0.25, -0.2) is 9.97 Å². The summed E-state index contributed by atoms with van der Waals surface area (Å²) >= 11 is 0. The Bertz CT molecular complexity index is 1240. The number of hydrogen-bond acceptors (Lipinski definition) is 5. The molecule has 150 valence electrons. The highest BCUT2D eigenvalue weighted by Crippen LogP contribution is 2.36. The molecule has 0 aliphatic heterocycles. The van der Waals surface area contributed by atoms with Crippen molar-refractivity contribution in [1.82, 2.24) is 4.98 Å². The van der Waals surface area contributed by atoms with Crippen LogP contribution in [0.3, 0.4) is 0 Å². The van der Waals surface area contributed by atoms with Crippen molar-refractivity contribution in [3.05, 3.63) is 99.4 Å². The summed E-state index contributed by atoms with van der Waals surface area (Å²) in [5, 5.41) is 26.4. The van der Waals surface area contributed by atoms with E-state index in [1.54, 1.807) is 12.1 Å². The number of aromatic nitrogens is 2. The second kappa shape index (κ2) is 7.79. The number of phenols is 1. The molecule has 30 heavy (non-hydrogen) atoms. The van der Waals surface area contributed by atoms with Gasteiger partial charge in [-0.2, -0.15) is 0 Å². The van der Waals surface area contributed by atoms with Crippen LogP contribution in [0, 0.1) is 24.0 Å². The molecule has 0 unspecified atom stereocenters. The summed E-state index contributed by atoms with van der Waals surface area (Å²) < 4.78 is 0. The molecule has 0 bridgehead atoms. The molecule has 0 amide bonds. The van der Waals surface area contributed by atoms with E-state index in [0.29, 0.717) is 11.1 Å². The van der Waals surface area contributed by atoms with Crippen molar-refractivity contribution in [3.63, 3.8) is 0 Å². The first kappa shape index (κ1) is 19.3. The molecule has 7 heteroatoms. The zero-order valence-corrected chi connectivity index (χ0v) is 16.6. The van der Waals surface area contributed by atoms with E-state index >= 15 is 0 Å². The van der Waals surface area contributed by atoms with Crippen LogP contribution in [0.15, 0.2) is 66.9 Å². The smallest absolute Gasteiger partial charge is 0.273 e. The maximum absolute atomic E-state index is 11.1. The summed E-state index contributed by atoms with van der Waals surface area (Å²) in [6.07, 6.45) is 1.83. The number of phenolic OH excluding ortho intramolecular Hbond substituents is 1. The second-order valence-electron chi connectivity index (χ2n) is 7.23. The number of pyridine rings is 2. The van der Waals surface area contributed by atoms with Gasteiger partial charge in [0.05, 0.1) is 11.1 Å². The summed E-state index contributed by atoms with van der Waals surface area (Å²) in [5.41, 5.74) is 3.82. The van der Waals surface area contributed by atoms with Crippen molar-refractivity contribution in [3.8, 4) is 5.75 Å². The van der Waals surface area contributed by atoms with E-state index in [1.807, 2.05) is 56.4 Å². The lowest BCUT2D eigenvalue weighted by Gasteiger charge is -2.18. The fourth-order valence-corrected chi connectivity index (χ4v) is 3.47. The van der Waals surface area contributed by atoms with Crippen molar-refractivity contribution < 1.29 is 15.0 Å². The van der Waals surface area contributed by atoms with Gasteiger partial charge in [-0.3, -0.25) is 15.4 Å². The Kier molecular flexibility index (Phi) is 5.02. The minimum Gasteiger partial charge on any atom is -0.505 e. The third kappa shape index (κ3) is 3.77. The van der Waals surface area contributed by atoms with Gasteiger partial charge >= 0.3 is 0 Å². The highest BCUT2D eigenvalue weighted by atomic mass is 16.6. The van der Waals surface area contributed by atoms with Crippen LogP contribution in [0.1, 0.15) is 28.4 Å². The molecular weight excluding hydrogens is 380 g/mol. The zero-order chi connectivity index (χ0) is 21.3. The Balaban J connectivity index is 1.85. The van der Waals surface area contributed by atoms with Crippen molar-refractivity contribution in [2.75, 3.05) is 5.32 Å². The lowest BCUT2D eigenvalue weighted by molar-refractivity contribution is -0.384. The quantitative estimate of drug-likeness (QED) is 0.379. The number of anilines is 1. The van der Waals surface area contributed by atoms with E-state index in [-0.39, 0.29) is 11.4 Å². The summed E-state index contributed by atoms with van der Waals surface area (Å²) in [6.45, 7) is 3.86. The molecule has 0 spiro atoms. The Morgan fingerprint density at radius 3 is 2.50 bits per heavy atom. The van der Waals surface area contributed by atoms with Crippen molar-refractivity contribution in [2.45, 2.75) is 19.9 Å². The van der Waals surface area contributed by atoms with Crippen LogP contribution in [0.2, 0.25) is 0 Å². The molecule has 0 aliphatic rings. The number of nitro benzene ring substituents is 1. The van der Waals surface area contributed by atoms with Gasteiger partial charge in [0.15, 0.2) is 0 Å².